The van der Waals surface area contributed by atoms with Crippen LogP contribution in [0.4, 0.5) is 10.1 Å². The second-order valence-electron chi connectivity index (χ2n) is 4.45. The van der Waals surface area contributed by atoms with Gasteiger partial charge in [-0.15, -0.1) is 0 Å². The first-order valence-electron chi connectivity index (χ1n) is 5.38. The Morgan fingerprint density at radius 1 is 1.47 bits per heavy atom. The molecule has 0 aliphatic rings. The van der Waals surface area contributed by atoms with Crippen molar-refractivity contribution in [1.29, 1.82) is 0 Å². The van der Waals surface area contributed by atoms with Crippen LogP contribution in [-0.2, 0) is 0 Å². The molecule has 1 rings (SSSR count). The van der Waals surface area contributed by atoms with Crippen molar-refractivity contribution in [3.63, 3.8) is 0 Å². The maximum absolute atomic E-state index is 13.0. The average molecular weight is 275 g/mol. The predicted octanol–water partition coefficient (Wildman–Crippen LogP) is 3.95. The SMILES string of the molecule is CCC(C)(C)NC(=S)Nc1ccc(F)c(Cl)c1. The number of hydrogen-bond acceptors (Lipinski definition) is 1. The van der Waals surface area contributed by atoms with Crippen molar-refractivity contribution in [2.75, 3.05) is 5.32 Å². The van der Waals surface area contributed by atoms with Crippen molar-refractivity contribution in [2.24, 2.45) is 0 Å². The number of thiocarbonyl (C=S) groups is 1. The Balaban J connectivity index is 2.65. The molecule has 0 fully saturated rings. The molecule has 1 aromatic carbocycles. The Labute approximate surface area is 112 Å². The van der Waals surface area contributed by atoms with Gasteiger partial charge in [0.2, 0.25) is 0 Å². The van der Waals surface area contributed by atoms with Crippen molar-refractivity contribution >= 4 is 34.6 Å². The Kier molecular flexibility index (Phi) is 4.71. The molecule has 0 atom stereocenters. The van der Waals surface area contributed by atoms with Gasteiger partial charge in [0.1, 0.15) is 5.82 Å². The van der Waals surface area contributed by atoms with E-state index < -0.39 is 5.82 Å². The summed E-state index contributed by atoms with van der Waals surface area (Å²) in [5.74, 6) is -0.440. The fourth-order valence-corrected chi connectivity index (χ4v) is 1.71. The van der Waals surface area contributed by atoms with Gasteiger partial charge in [-0.25, -0.2) is 4.39 Å². The minimum atomic E-state index is -0.440. The van der Waals surface area contributed by atoms with Crippen LogP contribution >= 0.6 is 23.8 Å². The fourth-order valence-electron chi connectivity index (χ4n) is 1.13. The lowest BCUT2D eigenvalue weighted by molar-refractivity contribution is 0.448. The van der Waals surface area contributed by atoms with E-state index in [1.165, 1.54) is 12.1 Å². The van der Waals surface area contributed by atoms with Crippen LogP contribution in [0, 0.1) is 5.82 Å². The van der Waals surface area contributed by atoms with E-state index in [9.17, 15) is 4.39 Å². The lowest BCUT2D eigenvalue weighted by Crippen LogP contribution is -2.44. The lowest BCUT2D eigenvalue weighted by Gasteiger charge is -2.26. The van der Waals surface area contributed by atoms with Gasteiger partial charge in [0, 0.05) is 11.2 Å². The zero-order valence-electron chi connectivity index (χ0n) is 10.1. The van der Waals surface area contributed by atoms with Crippen LogP contribution in [0.3, 0.4) is 0 Å². The summed E-state index contributed by atoms with van der Waals surface area (Å²) < 4.78 is 13.0. The molecule has 1 aromatic rings. The first kappa shape index (κ1) is 14.2. The summed E-state index contributed by atoms with van der Waals surface area (Å²) in [6.07, 6.45) is 0.943. The van der Waals surface area contributed by atoms with Gasteiger partial charge in [-0.05, 0) is 50.7 Å². The topological polar surface area (TPSA) is 24.1 Å². The van der Waals surface area contributed by atoms with Crippen LogP contribution in [0.1, 0.15) is 27.2 Å². The Bertz CT molecular complexity index is 421. The first-order valence-corrected chi connectivity index (χ1v) is 6.17. The number of benzene rings is 1. The van der Waals surface area contributed by atoms with Crippen molar-refractivity contribution in [2.45, 2.75) is 32.7 Å². The number of hydrogen-bond donors (Lipinski definition) is 2. The van der Waals surface area contributed by atoms with Gasteiger partial charge in [-0.3, -0.25) is 0 Å². The largest absolute Gasteiger partial charge is 0.358 e. The molecule has 0 aliphatic heterocycles. The molecule has 5 heteroatoms. The van der Waals surface area contributed by atoms with Gasteiger partial charge in [-0.1, -0.05) is 18.5 Å². The average Bonchev–Trinajstić information content (AvgIpc) is 2.23. The fraction of sp³-hybridized carbons (Fsp3) is 0.417. The lowest BCUT2D eigenvalue weighted by atomic mass is 10.0. The normalized spacial score (nSPS) is 11.1. The molecule has 0 radical (unpaired) electrons. The Hall–Kier alpha value is -0.870. The third kappa shape index (κ3) is 4.48. The van der Waals surface area contributed by atoms with Gasteiger partial charge in [0.25, 0.3) is 0 Å². The molecule has 0 heterocycles. The van der Waals surface area contributed by atoms with E-state index in [4.69, 9.17) is 23.8 Å². The standard InChI is InChI=1S/C12H16ClFN2S/c1-4-12(2,3)16-11(17)15-8-5-6-10(14)9(13)7-8/h5-7H,4H2,1-3H3,(H2,15,16,17). The maximum Gasteiger partial charge on any atom is 0.171 e. The molecule has 0 unspecified atom stereocenters. The minimum Gasteiger partial charge on any atom is -0.358 e. The first-order chi connectivity index (χ1) is 7.84. The molecule has 2 N–H and O–H groups in total. The quantitative estimate of drug-likeness (QED) is 0.816. The van der Waals surface area contributed by atoms with Crippen LogP contribution in [0.5, 0.6) is 0 Å². The third-order valence-corrected chi connectivity index (χ3v) is 3.01. The number of halogens is 2. The van der Waals surface area contributed by atoms with E-state index >= 15 is 0 Å². The smallest absolute Gasteiger partial charge is 0.171 e. The van der Waals surface area contributed by atoms with E-state index in [1.807, 2.05) is 0 Å². The summed E-state index contributed by atoms with van der Waals surface area (Å²) in [4.78, 5) is 0. The number of nitrogens with one attached hydrogen (secondary N) is 2. The number of anilines is 1. The van der Waals surface area contributed by atoms with E-state index in [0.29, 0.717) is 10.8 Å². The molecule has 0 aliphatic carbocycles. The summed E-state index contributed by atoms with van der Waals surface area (Å²) in [6, 6.07) is 4.40. The minimum absolute atomic E-state index is 0.0755. The Morgan fingerprint density at radius 3 is 2.65 bits per heavy atom. The van der Waals surface area contributed by atoms with E-state index in [1.54, 1.807) is 6.07 Å². The van der Waals surface area contributed by atoms with Gasteiger partial charge in [-0.2, -0.15) is 0 Å². The monoisotopic (exact) mass is 274 g/mol. The second kappa shape index (κ2) is 5.65. The second-order valence-corrected chi connectivity index (χ2v) is 5.26. The molecular weight excluding hydrogens is 259 g/mol. The molecule has 94 valence electrons. The van der Waals surface area contributed by atoms with Crippen molar-refractivity contribution in [3.05, 3.63) is 29.0 Å². The van der Waals surface area contributed by atoms with Crippen LogP contribution in [-0.4, -0.2) is 10.7 Å². The Morgan fingerprint density at radius 2 is 2.12 bits per heavy atom. The van der Waals surface area contributed by atoms with Crippen LogP contribution in [0.2, 0.25) is 5.02 Å². The third-order valence-electron chi connectivity index (χ3n) is 2.51. The zero-order chi connectivity index (χ0) is 13.1. The van der Waals surface area contributed by atoms with Gasteiger partial charge >= 0.3 is 0 Å². The van der Waals surface area contributed by atoms with Gasteiger partial charge < -0.3 is 10.6 Å². The molecule has 2 nitrogen and oxygen atoms in total. The van der Waals surface area contributed by atoms with E-state index in [-0.39, 0.29) is 10.6 Å². The highest BCUT2D eigenvalue weighted by Gasteiger charge is 2.15. The summed E-state index contributed by atoms with van der Waals surface area (Å²) in [6.45, 7) is 6.18. The van der Waals surface area contributed by atoms with Crippen LogP contribution in [0.25, 0.3) is 0 Å². The molecule has 17 heavy (non-hydrogen) atoms. The van der Waals surface area contributed by atoms with Gasteiger partial charge in [0.05, 0.1) is 5.02 Å². The van der Waals surface area contributed by atoms with Crippen LogP contribution in [0.15, 0.2) is 18.2 Å². The van der Waals surface area contributed by atoms with E-state index in [2.05, 4.69) is 31.4 Å². The molecule has 0 aromatic heterocycles. The molecule has 0 bridgehead atoms. The predicted molar refractivity (Wildman–Crippen MR) is 75.1 cm³/mol. The summed E-state index contributed by atoms with van der Waals surface area (Å²) in [5.41, 5.74) is 0.592. The zero-order valence-corrected chi connectivity index (χ0v) is 11.7. The van der Waals surface area contributed by atoms with Gasteiger partial charge in [0.15, 0.2) is 5.11 Å². The molecule has 0 spiro atoms. The van der Waals surface area contributed by atoms with Crippen molar-refractivity contribution in [1.82, 2.24) is 5.32 Å². The highest BCUT2D eigenvalue weighted by molar-refractivity contribution is 7.80. The van der Waals surface area contributed by atoms with Crippen molar-refractivity contribution in [3.8, 4) is 0 Å². The summed E-state index contributed by atoms with van der Waals surface area (Å²) in [7, 11) is 0. The molecular formula is C12H16ClFN2S. The number of rotatable bonds is 3. The summed E-state index contributed by atoms with van der Waals surface area (Å²) in [5, 5.41) is 6.72. The highest BCUT2D eigenvalue weighted by Crippen LogP contribution is 2.19. The maximum atomic E-state index is 13.0. The molecule has 0 saturated heterocycles. The van der Waals surface area contributed by atoms with Crippen molar-refractivity contribution < 1.29 is 4.39 Å². The van der Waals surface area contributed by atoms with E-state index in [0.717, 1.165) is 6.42 Å². The van der Waals surface area contributed by atoms with Crippen LogP contribution < -0.4 is 10.6 Å². The highest BCUT2D eigenvalue weighted by atomic mass is 35.5. The summed E-state index contributed by atoms with van der Waals surface area (Å²) >= 11 is 10.8. The molecule has 0 saturated carbocycles. The molecule has 0 amide bonds.